The van der Waals surface area contributed by atoms with Crippen molar-refractivity contribution in [2.45, 2.75) is 44.6 Å². The quantitative estimate of drug-likeness (QED) is 0.798. The smallest absolute Gasteiger partial charge is 0.127 e. The van der Waals surface area contributed by atoms with Gasteiger partial charge < -0.3 is 15.2 Å². The summed E-state index contributed by atoms with van der Waals surface area (Å²) in [5.74, 6) is 2.08. The molecule has 1 saturated carbocycles. The molecule has 1 aliphatic carbocycles. The fourth-order valence-electron chi connectivity index (χ4n) is 3.33. The van der Waals surface area contributed by atoms with Crippen LogP contribution in [-0.4, -0.2) is 18.3 Å². The summed E-state index contributed by atoms with van der Waals surface area (Å²) in [6.07, 6.45) is 8.37. The van der Waals surface area contributed by atoms with Crippen LogP contribution < -0.4 is 10.1 Å². The van der Waals surface area contributed by atoms with E-state index >= 15 is 0 Å². The van der Waals surface area contributed by atoms with Gasteiger partial charge in [-0.3, -0.25) is 0 Å². The molecule has 0 aromatic heterocycles. The second-order valence-electron chi connectivity index (χ2n) is 5.83. The minimum Gasteiger partial charge on any atom is -0.508 e. The summed E-state index contributed by atoms with van der Waals surface area (Å²) < 4.78 is 5.60. The van der Waals surface area contributed by atoms with Crippen molar-refractivity contribution >= 4 is 0 Å². The summed E-state index contributed by atoms with van der Waals surface area (Å²) in [6, 6.07) is 5.70. The average Bonchev–Trinajstić information content (AvgIpc) is 3.03. The van der Waals surface area contributed by atoms with Crippen molar-refractivity contribution in [1.82, 2.24) is 5.32 Å². The van der Waals surface area contributed by atoms with Crippen molar-refractivity contribution in [3.63, 3.8) is 0 Å². The van der Waals surface area contributed by atoms with Crippen molar-refractivity contribution in [2.75, 3.05) is 13.2 Å². The minimum absolute atomic E-state index is 0.278. The SMILES string of the molecule is Oc1ccc2c(c1)OCC2NCCCC1CCCC1. The minimum atomic E-state index is 0.278. The number of hydrogen-bond donors (Lipinski definition) is 2. The summed E-state index contributed by atoms with van der Waals surface area (Å²) in [6.45, 7) is 1.74. The Balaban J connectivity index is 1.44. The van der Waals surface area contributed by atoms with Gasteiger partial charge in [-0.05, 0) is 37.4 Å². The topological polar surface area (TPSA) is 41.5 Å². The molecule has 1 atom stereocenters. The molecule has 104 valence electrons. The summed E-state index contributed by atoms with van der Waals surface area (Å²) in [4.78, 5) is 0. The Morgan fingerprint density at radius 3 is 2.95 bits per heavy atom. The van der Waals surface area contributed by atoms with Gasteiger partial charge in [-0.25, -0.2) is 0 Å². The molecular weight excluding hydrogens is 238 g/mol. The molecule has 1 unspecified atom stereocenters. The fraction of sp³-hybridized carbons (Fsp3) is 0.625. The van der Waals surface area contributed by atoms with Gasteiger partial charge in [0.15, 0.2) is 0 Å². The molecule has 2 aliphatic rings. The first-order valence-corrected chi connectivity index (χ1v) is 7.52. The van der Waals surface area contributed by atoms with E-state index in [2.05, 4.69) is 5.32 Å². The number of aromatic hydroxyl groups is 1. The van der Waals surface area contributed by atoms with E-state index in [0.717, 1.165) is 18.2 Å². The number of phenolic OH excluding ortho intramolecular Hbond substituents is 1. The molecule has 1 fully saturated rings. The van der Waals surface area contributed by atoms with Gasteiger partial charge in [-0.15, -0.1) is 0 Å². The average molecular weight is 261 g/mol. The molecular formula is C16H23NO2. The van der Waals surface area contributed by atoms with Crippen molar-refractivity contribution in [1.29, 1.82) is 0 Å². The Hall–Kier alpha value is -1.22. The highest BCUT2D eigenvalue weighted by Gasteiger charge is 2.23. The fourth-order valence-corrected chi connectivity index (χ4v) is 3.33. The molecule has 0 amide bonds. The third-order valence-corrected chi connectivity index (χ3v) is 4.43. The zero-order valence-corrected chi connectivity index (χ0v) is 11.4. The lowest BCUT2D eigenvalue weighted by molar-refractivity contribution is 0.308. The normalized spacial score (nSPS) is 22.4. The number of rotatable bonds is 5. The predicted molar refractivity (Wildman–Crippen MR) is 75.5 cm³/mol. The molecule has 0 spiro atoms. The molecule has 1 heterocycles. The van der Waals surface area contributed by atoms with E-state index in [1.807, 2.05) is 6.07 Å². The van der Waals surface area contributed by atoms with Crippen LogP contribution in [0, 0.1) is 5.92 Å². The van der Waals surface area contributed by atoms with Crippen LogP contribution in [0.2, 0.25) is 0 Å². The van der Waals surface area contributed by atoms with Crippen LogP contribution in [0.4, 0.5) is 0 Å². The van der Waals surface area contributed by atoms with Gasteiger partial charge in [0.25, 0.3) is 0 Å². The summed E-state index contributed by atoms with van der Waals surface area (Å²) in [5.41, 5.74) is 1.18. The third kappa shape index (κ3) is 3.03. The van der Waals surface area contributed by atoms with Crippen LogP contribution in [-0.2, 0) is 0 Å². The molecule has 3 rings (SSSR count). The van der Waals surface area contributed by atoms with E-state index in [9.17, 15) is 5.11 Å². The van der Waals surface area contributed by atoms with Gasteiger partial charge in [0.2, 0.25) is 0 Å². The molecule has 0 radical (unpaired) electrons. The predicted octanol–water partition coefficient (Wildman–Crippen LogP) is 3.39. The lowest BCUT2D eigenvalue weighted by Gasteiger charge is -2.13. The number of ether oxygens (including phenoxy) is 1. The first-order valence-electron chi connectivity index (χ1n) is 7.52. The van der Waals surface area contributed by atoms with E-state index in [1.54, 1.807) is 12.1 Å². The van der Waals surface area contributed by atoms with Crippen molar-refractivity contribution in [2.24, 2.45) is 5.92 Å². The van der Waals surface area contributed by atoms with Gasteiger partial charge in [-0.2, -0.15) is 0 Å². The van der Waals surface area contributed by atoms with Gasteiger partial charge >= 0.3 is 0 Å². The number of phenols is 1. The van der Waals surface area contributed by atoms with Crippen LogP contribution in [0.5, 0.6) is 11.5 Å². The standard InChI is InChI=1S/C16H23NO2/c18-13-7-8-14-15(11-19-16(14)10-13)17-9-3-6-12-4-1-2-5-12/h7-8,10,12,15,17-18H,1-6,9,11H2. The van der Waals surface area contributed by atoms with Crippen molar-refractivity contribution in [3.8, 4) is 11.5 Å². The van der Waals surface area contributed by atoms with E-state index in [4.69, 9.17) is 4.74 Å². The second-order valence-corrected chi connectivity index (χ2v) is 5.83. The third-order valence-electron chi connectivity index (χ3n) is 4.43. The Morgan fingerprint density at radius 1 is 1.26 bits per heavy atom. The maximum atomic E-state index is 9.42. The number of nitrogens with one attached hydrogen (secondary N) is 1. The molecule has 19 heavy (non-hydrogen) atoms. The van der Waals surface area contributed by atoms with Gasteiger partial charge in [0.1, 0.15) is 18.1 Å². The van der Waals surface area contributed by atoms with Gasteiger partial charge in [0.05, 0.1) is 6.04 Å². The lowest BCUT2D eigenvalue weighted by Crippen LogP contribution is -2.23. The highest BCUT2D eigenvalue weighted by atomic mass is 16.5. The molecule has 1 aliphatic heterocycles. The summed E-state index contributed by atoms with van der Waals surface area (Å²) in [5, 5.41) is 13.0. The van der Waals surface area contributed by atoms with Crippen LogP contribution in [0.25, 0.3) is 0 Å². The highest BCUT2D eigenvalue weighted by Crippen LogP contribution is 2.35. The molecule has 0 saturated heterocycles. The number of hydrogen-bond acceptors (Lipinski definition) is 3. The van der Waals surface area contributed by atoms with E-state index < -0.39 is 0 Å². The molecule has 1 aromatic rings. The van der Waals surface area contributed by atoms with Crippen LogP contribution in [0.15, 0.2) is 18.2 Å². The Bertz CT molecular complexity index is 427. The Kier molecular flexibility index (Phi) is 3.92. The van der Waals surface area contributed by atoms with E-state index in [-0.39, 0.29) is 5.75 Å². The second kappa shape index (κ2) is 5.83. The maximum Gasteiger partial charge on any atom is 0.127 e. The van der Waals surface area contributed by atoms with Crippen molar-refractivity contribution in [3.05, 3.63) is 23.8 Å². The highest BCUT2D eigenvalue weighted by molar-refractivity contribution is 5.44. The summed E-state index contributed by atoms with van der Waals surface area (Å²) >= 11 is 0. The monoisotopic (exact) mass is 261 g/mol. The Morgan fingerprint density at radius 2 is 2.11 bits per heavy atom. The first kappa shape index (κ1) is 12.8. The lowest BCUT2D eigenvalue weighted by atomic mass is 10.0. The van der Waals surface area contributed by atoms with Crippen LogP contribution in [0.3, 0.4) is 0 Å². The summed E-state index contributed by atoms with van der Waals surface area (Å²) in [7, 11) is 0. The first-order chi connectivity index (χ1) is 9.33. The zero-order valence-electron chi connectivity index (χ0n) is 11.4. The Labute approximate surface area is 115 Å². The van der Waals surface area contributed by atoms with E-state index in [1.165, 1.54) is 44.1 Å². The molecule has 3 heteroatoms. The van der Waals surface area contributed by atoms with Gasteiger partial charge in [-0.1, -0.05) is 25.7 Å². The number of benzene rings is 1. The van der Waals surface area contributed by atoms with Crippen LogP contribution in [0.1, 0.15) is 50.1 Å². The van der Waals surface area contributed by atoms with Crippen molar-refractivity contribution < 1.29 is 9.84 Å². The maximum absolute atomic E-state index is 9.42. The number of fused-ring (bicyclic) bond motifs is 1. The largest absolute Gasteiger partial charge is 0.508 e. The molecule has 3 nitrogen and oxygen atoms in total. The molecule has 2 N–H and O–H groups in total. The molecule has 0 bridgehead atoms. The van der Waals surface area contributed by atoms with Gasteiger partial charge in [0, 0.05) is 11.6 Å². The zero-order chi connectivity index (χ0) is 13.1. The molecule has 1 aromatic carbocycles. The van der Waals surface area contributed by atoms with Crippen LogP contribution >= 0.6 is 0 Å². The van der Waals surface area contributed by atoms with E-state index in [0.29, 0.717) is 12.6 Å².